The number of amides is 1. The highest BCUT2D eigenvalue weighted by atomic mass is 28.4. The molecule has 1 rings (SSSR count). The van der Waals surface area contributed by atoms with Gasteiger partial charge in [0.05, 0.1) is 12.6 Å². The summed E-state index contributed by atoms with van der Waals surface area (Å²) in [5.74, 6) is 0. The Balaban J connectivity index is 3.41. The fraction of sp³-hybridized carbons (Fsp3) is 0.952. The van der Waals surface area contributed by atoms with Crippen LogP contribution >= 0.6 is 0 Å². The number of carbonyl (C=O) groups excluding carboxylic acids is 1. The van der Waals surface area contributed by atoms with Crippen molar-refractivity contribution in [1.29, 1.82) is 0 Å². The molecular weight excluding hydrogens is 404 g/mol. The number of ether oxygens (including phenoxy) is 2. The fourth-order valence-corrected chi connectivity index (χ4v) is 10.4. The molecule has 9 heteroatoms. The van der Waals surface area contributed by atoms with Crippen LogP contribution in [0, 0.1) is 10.1 Å². The van der Waals surface area contributed by atoms with E-state index in [1.165, 1.54) is 4.90 Å². The van der Waals surface area contributed by atoms with Gasteiger partial charge in [-0.3, -0.25) is 15.0 Å². The molecule has 0 aromatic rings. The Morgan fingerprint density at radius 3 is 2.00 bits per heavy atom. The lowest BCUT2D eigenvalue weighted by molar-refractivity contribution is -0.490. The average Bonchev–Trinajstić information content (AvgIpc) is 2.83. The summed E-state index contributed by atoms with van der Waals surface area (Å²) in [5, 5.41) is 11.6. The zero-order valence-corrected chi connectivity index (χ0v) is 21.6. The van der Waals surface area contributed by atoms with Crippen molar-refractivity contribution in [2.24, 2.45) is 0 Å². The molecule has 0 saturated carbocycles. The molecule has 0 aromatic heterocycles. The third-order valence-corrected chi connectivity index (χ3v) is 12.1. The van der Waals surface area contributed by atoms with Crippen LogP contribution in [0.4, 0.5) is 4.79 Å². The first-order chi connectivity index (χ1) is 13.5. The van der Waals surface area contributed by atoms with Gasteiger partial charge < -0.3 is 13.9 Å². The van der Waals surface area contributed by atoms with Gasteiger partial charge in [-0.1, -0.05) is 41.5 Å². The molecule has 0 radical (unpaired) electrons. The largest absolute Gasteiger partial charge is 0.444 e. The van der Waals surface area contributed by atoms with Gasteiger partial charge in [-0.25, -0.2) is 4.79 Å². The minimum Gasteiger partial charge on any atom is -0.444 e. The van der Waals surface area contributed by atoms with Crippen molar-refractivity contribution >= 4 is 14.4 Å². The van der Waals surface area contributed by atoms with Crippen molar-refractivity contribution in [3.63, 3.8) is 0 Å². The highest BCUT2D eigenvalue weighted by Gasteiger charge is 2.54. The smallest absolute Gasteiger partial charge is 0.412 e. The topological polar surface area (TPSA) is 91.1 Å². The van der Waals surface area contributed by atoms with Gasteiger partial charge in [0.1, 0.15) is 17.4 Å². The molecule has 1 saturated heterocycles. The molecule has 1 unspecified atom stereocenters. The fourth-order valence-electron chi connectivity index (χ4n) is 4.83. The quantitative estimate of drug-likeness (QED) is 0.289. The Hall–Kier alpha value is -1.19. The Kier molecular flexibility index (Phi) is 8.52. The molecule has 0 aliphatic carbocycles. The minimum atomic E-state index is -2.42. The van der Waals surface area contributed by atoms with Crippen LogP contribution in [0.15, 0.2) is 0 Å². The molecule has 1 aliphatic heterocycles. The monoisotopic (exact) mass is 446 g/mol. The molecule has 176 valence electrons. The third kappa shape index (κ3) is 5.94. The second-order valence-corrected chi connectivity index (χ2v) is 16.1. The first-order valence-electron chi connectivity index (χ1n) is 10.9. The second kappa shape index (κ2) is 9.52. The predicted octanol–water partition coefficient (Wildman–Crippen LogP) is 5.20. The molecule has 30 heavy (non-hydrogen) atoms. The van der Waals surface area contributed by atoms with Crippen molar-refractivity contribution < 1.29 is 23.6 Å². The van der Waals surface area contributed by atoms with Crippen molar-refractivity contribution in [2.45, 2.75) is 116 Å². The van der Waals surface area contributed by atoms with E-state index < -0.39 is 37.9 Å². The van der Waals surface area contributed by atoms with Crippen LogP contribution in [0.3, 0.4) is 0 Å². The number of rotatable bonds is 8. The van der Waals surface area contributed by atoms with E-state index in [2.05, 4.69) is 41.5 Å². The summed E-state index contributed by atoms with van der Waals surface area (Å²) in [7, 11) is -2.42. The molecule has 8 nitrogen and oxygen atoms in total. The van der Waals surface area contributed by atoms with Crippen LogP contribution in [-0.2, 0) is 13.9 Å². The summed E-state index contributed by atoms with van der Waals surface area (Å²) in [6.07, 6.45) is -1.31. The van der Waals surface area contributed by atoms with Crippen LogP contribution in [-0.4, -0.2) is 60.9 Å². The van der Waals surface area contributed by atoms with E-state index in [4.69, 9.17) is 13.9 Å². The predicted molar refractivity (Wildman–Crippen MR) is 120 cm³/mol. The Bertz CT molecular complexity index is 593. The summed E-state index contributed by atoms with van der Waals surface area (Å²) in [4.78, 5) is 25.8. The summed E-state index contributed by atoms with van der Waals surface area (Å²) in [6.45, 7) is 21.5. The summed E-state index contributed by atoms with van der Waals surface area (Å²) >= 11 is 0. The Morgan fingerprint density at radius 1 is 1.17 bits per heavy atom. The van der Waals surface area contributed by atoms with Crippen LogP contribution in [0.1, 0.15) is 76.2 Å². The van der Waals surface area contributed by atoms with Gasteiger partial charge in [0, 0.05) is 4.92 Å². The van der Waals surface area contributed by atoms with Crippen molar-refractivity contribution in [3.05, 3.63) is 10.1 Å². The van der Waals surface area contributed by atoms with Crippen LogP contribution < -0.4 is 0 Å². The van der Waals surface area contributed by atoms with Crippen molar-refractivity contribution in [2.75, 3.05) is 13.2 Å². The number of nitro groups is 1. The highest BCUT2D eigenvalue weighted by Crippen LogP contribution is 2.44. The average molecular weight is 447 g/mol. The molecule has 2 atom stereocenters. The zero-order chi connectivity index (χ0) is 23.7. The second-order valence-electron chi connectivity index (χ2n) is 10.7. The summed E-state index contributed by atoms with van der Waals surface area (Å²) in [6, 6.07) is -0.594. The maximum Gasteiger partial charge on any atom is 0.412 e. The lowest BCUT2D eigenvalue weighted by Crippen LogP contribution is -2.59. The van der Waals surface area contributed by atoms with Crippen molar-refractivity contribution in [1.82, 2.24) is 4.90 Å². The standard InChI is InChI=1S/C21H42N2O6Si/c1-14(2)30(15(3)4,16(5)6)29-18(12-22(25)26)17-13-27-21(10,11)23(17)19(24)28-20(7,8)9/h14-18H,12-13H2,1-11H3/t17-,18?/m0/s1. The van der Waals surface area contributed by atoms with Gasteiger partial charge in [-0.2, -0.15) is 0 Å². The summed E-state index contributed by atoms with van der Waals surface area (Å²) < 4.78 is 18.3. The highest BCUT2D eigenvalue weighted by molar-refractivity contribution is 6.77. The van der Waals surface area contributed by atoms with E-state index in [0.29, 0.717) is 0 Å². The molecule has 0 aromatic carbocycles. The van der Waals surface area contributed by atoms with Gasteiger partial charge in [0.2, 0.25) is 14.9 Å². The maximum atomic E-state index is 13.1. The molecule has 0 N–H and O–H groups in total. The van der Waals surface area contributed by atoms with Crippen LogP contribution in [0.2, 0.25) is 16.6 Å². The van der Waals surface area contributed by atoms with Gasteiger partial charge in [0.25, 0.3) is 0 Å². The first kappa shape index (κ1) is 26.8. The number of nitrogens with zero attached hydrogens (tertiary/aromatic N) is 2. The zero-order valence-electron chi connectivity index (χ0n) is 20.6. The van der Waals surface area contributed by atoms with Gasteiger partial charge in [-0.05, 0) is 51.2 Å². The molecule has 1 heterocycles. The number of hydrogen-bond acceptors (Lipinski definition) is 6. The Morgan fingerprint density at radius 2 is 1.63 bits per heavy atom. The lowest BCUT2D eigenvalue weighted by atomic mass is 10.1. The van der Waals surface area contributed by atoms with E-state index in [1.54, 1.807) is 34.6 Å². The minimum absolute atomic E-state index is 0.170. The van der Waals surface area contributed by atoms with E-state index in [0.717, 1.165) is 0 Å². The first-order valence-corrected chi connectivity index (χ1v) is 13.1. The molecule has 1 fully saturated rings. The normalized spacial score (nSPS) is 20.9. The lowest BCUT2D eigenvalue weighted by Gasteiger charge is -2.46. The molecular formula is C21H42N2O6Si. The SMILES string of the molecule is CC(C)[Si](OC(C[N+](=O)[O-])[C@@H]1COC(C)(C)N1C(=O)OC(C)(C)C)(C(C)C)C(C)C. The van der Waals surface area contributed by atoms with E-state index in [9.17, 15) is 14.9 Å². The van der Waals surface area contributed by atoms with Crippen molar-refractivity contribution in [3.8, 4) is 0 Å². The number of carbonyl (C=O) groups is 1. The molecule has 1 aliphatic rings. The third-order valence-electron chi connectivity index (χ3n) is 5.93. The van der Waals surface area contributed by atoms with Gasteiger partial charge in [-0.15, -0.1) is 0 Å². The van der Waals surface area contributed by atoms with Crippen LogP contribution in [0.25, 0.3) is 0 Å². The Labute approximate surface area is 182 Å². The molecule has 1 amide bonds. The molecule has 0 spiro atoms. The van der Waals surface area contributed by atoms with E-state index >= 15 is 0 Å². The van der Waals surface area contributed by atoms with Gasteiger partial charge in [0.15, 0.2) is 0 Å². The molecule has 0 bridgehead atoms. The number of hydrogen-bond donors (Lipinski definition) is 0. The van der Waals surface area contributed by atoms with Crippen LogP contribution in [0.5, 0.6) is 0 Å². The maximum absolute atomic E-state index is 13.1. The van der Waals surface area contributed by atoms with E-state index in [-0.39, 0.29) is 34.7 Å². The summed E-state index contributed by atoms with van der Waals surface area (Å²) in [5.41, 5.74) is -0.846. The van der Waals surface area contributed by atoms with Gasteiger partial charge >= 0.3 is 6.09 Å². The van der Waals surface area contributed by atoms with E-state index in [1.807, 2.05) is 0 Å².